The quantitative estimate of drug-likeness (QED) is 0.507. The van der Waals surface area contributed by atoms with Crippen LogP contribution in [0.5, 0.6) is 0 Å². The molecule has 0 aromatic rings. The minimum atomic E-state index is -0.450. The SMILES string of the molecule is CCCC1CC(C(=O)CCC(=O)CC(C)=O)C(C)C(=O)O1. The summed E-state index contributed by atoms with van der Waals surface area (Å²) in [6.45, 7) is 5.06. The van der Waals surface area contributed by atoms with Crippen molar-refractivity contribution in [3.05, 3.63) is 0 Å². The maximum Gasteiger partial charge on any atom is 0.309 e. The maximum absolute atomic E-state index is 12.2. The first-order valence-corrected chi connectivity index (χ1v) is 7.59. The molecule has 5 nitrogen and oxygen atoms in total. The van der Waals surface area contributed by atoms with E-state index in [0.29, 0.717) is 6.42 Å². The van der Waals surface area contributed by atoms with Crippen LogP contribution in [0.4, 0.5) is 0 Å². The van der Waals surface area contributed by atoms with E-state index in [2.05, 4.69) is 0 Å². The van der Waals surface area contributed by atoms with Crippen LogP contribution >= 0.6 is 0 Å². The van der Waals surface area contributed by atoms with Gasteiger partial charge in [0.05, 0.1) is 12.3 Å². The van der Waals surface area contributed by atoms with Crippen LogP contribution in [-0.4, -0.2) is 29.4 Å². The van der Waals surface area contributed by atoms with E-state index < -0.39 is 5.92 Å². The predicted octanol–water partition coefficient (Wildman–Crippen LogP) is 2.25. The van der Waals surface area contributed by atoms with Crippen molar-refractivity contribution in [1.82, 2.24) is 0 Å². The highest BCUT2D eigenvalue weighted by atomic mass is 16.5. The fourth-order valence-corrected chi connectivity index (χ4v) is 2.69. The van der Waals surface area contributed by atoms with Gasteiger partial charge in [0, 0.05) is 18.8 Å². The number of carbonyl (C=O) groups is 4. The number of carbonyl (C=O) groups excluding carboxylic acids is 4. The summed E-state index contributed by atoms with van der Waals surface area (Å²) in [7, 11) is 0. The number of hydrogen-bond acceptors (Lipinski definition) is 5. The second-order valence-corrected chi connectivity index (χ2v) is 5.86. The summed E-state index contributed by atoms with van der Waals surface area (Å²) in [5.41, 5.74) is 0. The molecule has 0 N–H and O–H groups in total. The van der Waals surface area contributed by atoms with Gasteiger partial charge in [-0.25, -0.2) is 0 Å². The van der Waals surface area contributed by atoms with Crippen LogP contribution < -0.4 is 0 Å². The minimum Gasteiger partial charge on any atom is -0.462 e. The molecule has 5 heteroatoms. The Labute approximate surface area is 125 Å². The molecular weight excluding hydrogens is 272 g/mol. The Balaban J connectivity index is 2.56. The smallest absolute Gasteiger partial charge is 0.309 e. The highest BCUT2D eigenvalue weighted by Crippen LogP contribution is 2.30. The van der Waals surface area contributed by atoms with E-state index in [1.54, 1.807) is 6.92 Å². The van der Waals surface area contributed by atoms with Crippen molar-refractivity contribution in [2.75, 3.05) is 0 Å². The van der Waals surface area contributed by atoms with E-state index in [4.69, 9.17) is 4.74 Å². The average molecular weight is 296 g/mol. The zero-order valence-electron chi connectivity index (χ0n) is 13.0. The van der Waals surface area contributed by atoms with Crippen molar-refractivity contribution in [2.45, 2.75) is 65.4 Å². The fraction of sp³-hybridized carbons (Fsp3) is 0.750. The first kappa shape index (κ1) is 17.5. The van der Waals surface area contributed by atoms with Crippen molar-refractivity contribution >= 4 is 23.3 Å². The molecule has 0 amide bonds. The summed E-state index contributed by atoms with van der Waals surface area (Å²) in [5.74, 6) is -1.62. The number of ether oxygens (including phenoxy) is 1. The molecule has 21 heavy (non-hydrogen) atoms. The molecule has 1 heterocycles. The topological polar surface area (TPSA) is 77.5 Å². The molecule has 0 aromatic carbocycles. The van der Waals surface area contributed by atoms with Crippen molar-refractivity contribution in [3.8, 4) is 0 Å². The summed E-state index contributed by atoms with van der Waals surface area (Å²) in [4.78, 5) is 46.4. The summed E-state index contributed by atoms with van der Waals surface area (Å²) < 4.78 is 5.29. The predicted molar refractivity (Wildman–Crippen MR) is 76.6 cm³/mol. The molecule has 118 valence electrons. The lowest BCUT2D eigenvalue weighted by molar-refractivity contribution is -0.167. The number of ketones is 3. The standard InChI is InChI=1S/C16H24O5/c1-4-5-13-9-14(11(3)16(20)21-13)15(19)7-6-12(18)8-10(2)17/h11,13-14H,4-9H2,1-3H3. The fourth-order valence-electron chi connectivity index (χ4n) is 2.69. The third-order valence-electron chi connectivity index (χ3n) is 3.90. The van der Waals surface area contributed by atoms with Crippen molar-refractivity contribution in [3.63, 3.8) is 0 Å². The van der Waals surface area contributed by atoms with Crippen LogP contribution in [0, 0.1) is 11.8 Å². The molecule has 0 spiro atoms. The van der Waals surface area contributed by atoms with Gasteiger partial charge in [-0.1, -0.05) is 20.3 Å². The normalized spacial score (nSPS) is 25.3. The summed E-state index contributed by atoms with van der Waals surface area (Å²) in [6, 6.07) is 0. The zero-order valence-corrected chi connectivity index (χ0v) is 13.0. The van der Waals surface area contributed by atoms with Crippen LogP contribution in [-0.2, 0) is 23.9 Å². The lowest BCUT2D eigenvalue weighted by Gasteiger charge is -2.32. The van der Waals surface area contributed by atoms with Gasteiger partial charge in [0.15, 0.2) is 0 Å². The monoisotopic (exact) mass is 296 g/mol. The number of rotatable bonds is 8. The van der Waals surface area contributed by atoms with Crippen molar-refractivity contribution in [1.29, 1.82) is 0 Å². The molecule has 0 radical (unpaired) electrons. The van der Waals surface area contributed by atoms with E-state index >= 15 is 0 Å². The molecule has 0 aromatic heterocycles. The Bertz CT molecular complexity index is 426. The summed E-state index contributed by atoms with van der Waals surface area (Å²) in [5, 5.41) is 0. The highest BCUT2D eigenvalue weighted by Gasteiger charge is 2.38. The molecular formula is C16H24O5. The third kappa shape index (κ3) is 5.40. The van der Waals surface area contributed by atoms with Gasteiger partial charge < -0.3 is 4.74 Å². The van der Waals surface area contributed by atoms with Crippen molar-refractivity contribution < 1.29 is 23.9 Å². The van der Waals surface area contributed by atoms with Gasteiger partial charge in [-0.3, -0.25) is 19.2 Å². The van der Waals surface area contributed by atoms with E-state index in [0.717, 1.165) is 12.8 Å². The maximum atomic E-state index is 12.2. The molecule has 0 saturated carbocycles. The highest BCUT2D eigenvalue weighted by molar-refractivity contribution is 5.99. The Hall–Kier alpha value is -1.52. The lowest BCUT2D eigenvalue weighted by atomic mass is 9.80. The van der Waals surface area contributed by atoms with E-state index in [1.807, 2.05) is 6.92 Å². The molecule has 1 aliphatic rings. The van der Waals surface area contributed by atoms with Gasteiger partial charge in [-0.05, 0) is 19.8 Å². The molecule has 1 aliphatic heterocycles. The Morgan fingerprint density at radius 3 is 2.48 bits per heavy atom. The number of Topliss-reactive ketones (excluding diaryl/α,β-unsaturated/α-hetero) is 3. The number of esters is 1. The lowest BCUT2D eigenvalue weighted by Crippen LogP contribution is -2.40. The van der Waals surface area contributed by atoms with Crippen LogP contribution in [0.2, 0.25) is 0 Å². The Kier molecular flexibility index (Phi) is 6.72. The summed E-state index contributed by atoms with van der Waals surface area (Å²) >= 11 is 0. The van der Waals surface area contributed by atoms with E-state index in [9.17, 15) is 19.2 Å². The summed E-state index contributed by atoms with van der Waals surface area (Å²) in [6.07, 6.45) is 2.06. The molecule has 1 saturated heterocycles. The second-order valence-electron chi connectivity index (χ2n) is 5.86. The van der Waals surface area contributed by atoms with Gasteiger partial charge >= 0.3 is 5.97 Å². The van der Waals surface area contributed by atoms with Gasteiger partial charge in [0.1, 0.15) is 23.5 Å². The van der Waals surface area contributed by atoms with Crippen LogP contribution in [0.3, 0.4) is 0 Å². The van der Waals surface area contributed by atoms with E-state index in [1.165, 1.54) is 6.92 Å². The molecule has 1 fully saturated rings. The minimum absolute atomic E-state index is 0.0721. The van der Waals surface area contributed by atoms with Crippen LogP contribution in [0.25, 0.3) is 0 Å². The number of cyclic esters (lactones) is 1. The molecule has 3 atom stereocenters. The first-order chi connectivity index (χ1) is 9.85. The van der Waals surface area contributed by atoms with Crippen LogP contribution in [0.1, 0.15) is 59.3 Å². The first-order valence-electron chi connectivity index (χ1n) is 7.59. The molecule has 3 unspecified atom stereocenters. The molecule has 0 aliphatic carbocycles. The van der Waals surface area contributed by atoms with E-state index in [-0.39, 0.29) is 54.6 Å². The third-order valence-corrected chi connectivity index (χ3v) is 3.90. The van der Waals surface area contributed by atoms with Gasteiger partial charge in [-0.15, -0.1) is 0 Å². The number of hydrogen-bond donors (Lipinski definition) is 0. The molecule has 1 rings (SSSR count). The second kappa shape index (κ2) is 8.05. The largest absolute Gasteiger partial charge is 0.462 e. The Morgan fingerprint density at radius 1 is 1.24 bits per heavy atom. The van der Waals surface area contributed by atoms with Crippen LogP contribution in [0.15, 0.2) is 0 Å². The average Bonchev–Trinajstić information content (AvgIpc) is 2.39. The van der Waals surface area contributed by atoms with Crippen molar-refractivity contribution in [2.24, 2.45) is 11.8 Å². The van der Waals surface area contributed by atoms with Gasteiger partial charge in [-0.2, -0.15) is 0 Å². The van der Waals surface area contributed by atoms with Gasteiger partial charge in [0.25, 0.3) is 0 Å². The zero-order chi connectivity index (χ0) is 16.0. The molecule has 0 bridgehead atoms. The van der Waals surface area contributed by atoms with Gasteiger partial charge in [0.2, 0.25) is 0 Å². The Morgan fingerprint density at radius 2 is 1.90 bits per heavy atom.